The molecule has 112 heavy (non-hydrogen) atoms. The molecule has 29 heteroatoms. The number of alkyl halides is 3. The molecule has 8 atom stereocenters. The van der Waals surface area contributed by atoms with Crippen LogP contribution >= 0.6 is 0 Å². The van der Waals surface area contributed by atoms with Crippen LogP contribution in [-0.4, -0.2) is 190 Å². The Morgan fingerprint density at radius 3 is 1.21 bits per heavy atom. The Morgan fingerprint density at radius 1 is 0.491 bits per heavy atom. The molecule has 598 valence electrons. The van der Waals surface area contributed by atoms with Gasteiger partial charge in [0, 0.05) is 68.8 Å². The Hall–Kier alpha value is -11.0. The number of nitrogens with one attached hydrogen (secondary N) is 6. The van der Waals surface area contributed by atoms with Crippen molar-refractivity contribution in [2.45, 2.75) is 191 Å². The van der Waals surface area contributed by atoms with Gasteiger partial charge >= 0.3 is 36.4 Å². The van der Waals surface area contributed by atoms with Crippen molar-refractivity contribution in [3.8, 4) is 44.8 Å². The number of hydrogen-bond acceptors (Lipinski definition) is 17. The molecule has 2 aromatic heterocycles. The number of alkyl carbamates (subject to hydrolysis) is 3. The normalized spacial score (nSPS) is 18.9. The maximum Gasteiger partial charge on any atom is 0.407 e. The number of aliphatic carboxylic acids is 1. The minimum absolute atomic E-state index is 0.0801. The summed E-state index contributed by atoms with van der Waals surface area (Å²) in [6.07, 6.45) is 12.1. The lowest BCUT2D eigenvalue weighted by Gasteiger charge is -2.29. The van der Waals surface area contributed by atoms with Crippen molar-refractivity contribution < 1.29 is 75.6 Å². The van der Waals surface area contributed by atoms with E-state index in [2.05, 4.69) is 143 Å². The van der Waals surface area contributed by atoms with Crippen LogP contribution in [0.25, 0.3) is 55.9 Å². The molecule has 0 radical (unpaired) electrons. The second-order valence-electron chi connectivity index (χ2n) is 28.7. The molecule has 12 rings (SSSR count). The minimum atomic E-state index is -4.41. The number of benzene rings is 4. The summed E-state index contributed by atoms with van der Waals surface area (Å²) in [6.45, 7) is 8.95. The molecule has 4 aromatic carbocycles. The number of amides is 6. The van der Waals surface area contributed by atoms with Gasteiger partial charge in [-0.05, 0) is 139 Å². The van der Waals surface area contributed by atoms with Crippen molar-refractivity contribution >= 4 is 70.5 Å². The number of imidazole rings is 2. The van der Waals surface area contributed by atoms with Crippen molar-refractivity contribution in [2.24, 2.45) is 15.9 Å². The number of carbonyl (C=O) groups is 8. The Bertz CT molecular complexity index is 4360. The van der Waals surface area contributed by atoms with Crippen molar-refractivity contribution in [2.75, 3.05) is 54.6 Å². The average Bonchev–Trinajstić information content (AvgIpc) is 1.67. The van der Waals surface area contributed by atoms with E-state index in [0.717, 1.165) is 146 Å². The van der Waals surface area contributed by atoms with Gasteiger partial charge in [-0.25, -0.2) is 24.4 Å². The average molecular weight is 1550 g/mol. The van der Waals surface area contributed by atoms with E-state index in [-0.39, 0.29) is 35.8 Å². The number of allylic oxidation sites excluding steroid dienone is 2. The smallest absolute Gasteiger partial charge is 0.407 e. The van der Waals surface area contributed by atoms with Crippen LogP contribution < -0.4 is 21.3 Å². The second kappa shape index (κ2) is 39.8. The lowest BCUT2D eigenvalue weighted by Crippen LogP contribution is -2.51. The molecule has 4 saturated heterocycles. The number of nitrogens with zero attached hydrogens (tertiary/aromatic N) is 7. The molecule has 6 aromatic rings. The summed E-state index contributed by atoms with van der Waals surface area (Å²) < 4.78 is 53.8. The van der Waals surface area contributed by atoms with E-state index < -0.39 is 79.7 Å². The topological polar surface area (TPSA) is 334 Å². The number of carbonyl (C=O) groups excluding carboxylic acids is 7. The van der Waals surface area contributed by atoms with Gasteiger partial charge in [-0.2, -0.15) is 13.2 Å². The molecule has 4 fully saturated rings. The van der Waals surface area contributed by atoms with Gasteiger partial charge in [0.1, 0.15) is 29.8 Å². The summed E-state index contributed by atoms with van der Waals surface area (Å²) in [6, 6.07) is 32.1. The number of aromatic nitrogens is 4. The Kier molecular flexibility index (Phi) is 29.7. The molecule has 6 aliphatic heterocycles. The number of halogens is 3. The van der Waals surface area contributed by atoms with Crippen LogP contribution in [0.5, 0.6) is 0 Å². The molecule has 0 unspecified atom stereocenters. The number of methoxy groups -OCH3 is 4. The van der Waals surface area contributed by atoms with Crippen molar-refractivity contribution in [1.29, 1.82) is 0 Å². The number of esters is 1. The van der Waals surface area contributed by atoms with Gasteiger partial charge in [0.2, 0.25) is 17.7 Å². The fraction of sp³-hybridized carbons (Fsp3) is 0.470. The van der Waals surface area contributed by atoms with E-state index in [4.69, 9.17) is 29.3 Å². The molecule has 7 N–H and O–H groups in total. The van der Waals surface area contributed by atoms with E-state index in [1.807, 2.05) is 60.3 Å². The molecular formula is C83H102F3N13O13. The van der Waals surface area contributed by atoms with Gasteiger partial charge in [-0.15, -0.1) is 0 Å². The Labute approximate surface area is 650 Å². The number of aliphatic imine (C=N–C) groups is 2. The highest BCUT2D eigenvalue weighted by atomic mass is 19.4. The summed E-state index contributed by atoms with van der Waals surface area (Å²) in [4.78, 5) is 128. The number of ether oxygens (including phenoxy) is 4. The van der Waals surface area contributed by atoms with E-state index >= 15 is 0 Å². The largest absolute Gasteiger partial charge is 0.481 e. The van der Waals surface area contributed by atoms with Gasteiger partial charge in [0.15, 0.2) is 0 Å². The van der Waals surface area contributed by atoms with E-state index in [1.165, 1.54) is 56.6 Å². The zero-order chi connectivity index (χ0) is 80.0. The highest BCUT2D eigenvalue weighted by molar-refractivity contribution is 6.04. The van der Waals surface area contributed by atoms with Crippen molar-refractivity contribution in [1.82, 2.24) is 55.9 Å². The molecule has 0 saturated carbocycles. The summed E-state index contributed by atoms with van der Waals surface area (Å²) in [5.74, 6) is -2.39. The highest BCUT2D eigenvalue weighted by Gasteiger charge is 2.40. The Balaban J connectivity index is 0.000000204. The maximum atomic E-state index is 13.5. The van der Waals surface area contributed by atoms with Crippen LogP contribution in [0, 0.1) is 5.92 Å². The van der Waals surface area contributed by atoms with E-state index in [9.17, 15) is 51.5 Å². The van der Waals surface area contributed by atoms with Crippen LogP contribution in [0.15, 0.2) is 132 Å². The molecule has 8 heterocycles. The third-order valence-corrected chi connectivity index (χ3v) is 21.2. The molecular weight excluding hydrogens is 1440 g/mol. The predicted molar refractivity (Wildman–Crippen MR) is 418 cm³/mol. The summed E-state index contributed by atoms with van der Waals surface area (Å²) in [5.41, 5.74) is 15.2. The van der Waals surface area contributed by atoms with Gasteiger partial charge in [-0.1, -0.05) is 137 Å². The number of likely N-dealkylation sites (tertiary alicyclic amines) is 3. The molecule has 0 bridgehead atoms. The van der Waals surface area contributed by atoms with Crippen LogP contribution in [-0.2, 0) is 42.9 Å². The van der Waals surface area contributed by atoms with Gasteiger partial charge < -0.3 is 70.0 Å². The van der Waals surface area contributed by atoms with Crippen LogP contribution in [0.1, 0.15) is 178 Å². The second-order valence-corrected chi connectivity index (χ2v) is 28.7. The summed E-state index contributed by atoms with van der Waals surface area (Å²) >= 11 is 0. The van der Waals surface area contributed by atoms with E-state index in [1.54, 1.807) is 0 Å². The first-order valence-corrected chi connectivity index (χ1v) is 38.6. The lowest BCUT2D eigenvalue weighted by atomic mass is 9.96. The van der Waals surface area contributed by atoms with Crippen LogP contribution in [0.2, 0.25) is 0 Å². The number of carboxylic acids is 1. The first kappa shape index (κ1) is 83.5. The fourth-order valence-electron chi connectivity index (χ4n) is 15.2. The minimum Gasteiger partial charge on any atom is -0.481 e. The SMILES string of the molecule is CCC[C@H](NC(=O)OC)C(=O)N1CCC[C@H]1C1=NC=C(c2ccc(-c3ccc(-c4cnc([C@@H]5CCCN5C(=O)[C@H](CCC)NC(=O)OC)[nH]4)cc3)cc2)C1.CCC[C@H](NC(=O)OC)C(=O)N1CCC[C@H]1c1ncc(-c2ccc(-c3ccc(C4=CN=C([C@@H]5CCCN5)C4)cc3)cc2)[nH]1.COC(=O)C[C@@H](CCC(F)(F)F)C(=O)O. The molecule has 0 aliphatic carbocycles. The van der Waals surface area contributed by atoms with Gasteiger partial charge in [-0.3, -0.25) is 34.0 Å². The van der Waals surface area contributed by atoms with Crippen LogP contribution in [0.4, 0.5) is 27.6 Å². The van der Waals surface area contributed by atoms with E-state index in [0.29, 0.717) is 51.4 Å². The number of hydrogen-bond donors (Lipinski definition) is 7. The Morgan fingerprint density at radius 2 is 0.857 bits per heavy atom. The van der Waals surface area contributed by atoms with Crippen LogP contribution in [0.3, 0.4) is 0 Å². The van der Waals surface area contributed by atoms with Gasteiger partial charge in [0.25, 0.3) is 0 Å². The molecule has 0 spiro atoms. The number of carboxylic acid groups (broad SMARTS) is 1. The summed E-state index contributed by atoms with van der Waals surface area (Å²) in [7, 11) is 4.96. The zero-order valence-corrected chi connectivity index (χ0v) is 64.5. The standard InChI is InChI=1S/C41H51N7O6.C34H40N6O3.C8H11F3O4/c1-5-9-31(45-40(51)53-3)38(49)47-21-7-11-35(47)33-23-30(24-42-33)28-15-13-26(14-16-28)27-17-19-29(20-18-27)34-25-43-37(44-34)36-12-8-22-48(36)39(50)32(10-6-2)46-41(52)54-4;1-3-6-28(39-34(42)43-2)33(41)40-18-5-8-31(40)32-37-21-30(38-32)25-15-13-23(14-16-25)22-9-11-24(12-10-22)26-19-29(36-20-26)27-7-4-17-35-27;1-15-6(12)4-5(7(13)14)2-3-8(9,10)11/h13-20,24-25,31-32,35-36H,5-12,21-23H2,1-4H3,(H,43,44)(H,45,51)(H,46,52);9-16,20-21,27-28,31,35H,3-8,17-19H2,1-2H3,(H,37,38)(H,39,42);5H,2-4H2,1H3,(H,13,14)/t31-,32-,35-,36-;27-,28-,31-;5-/m001/s1. The molecule has 26 nitrogen and oxygen atoms in total. The fourth-order valence-corrected chi connectivity index (χ4v) is 15.2. The molecule has 6 amide bonds. The van der Waals surface area contributed by atoms with Gasteiger partial charge in [0.05, 0.1) is 82.7 Å². The highest BCUT2D eigenvalue weighted by Crippen LogP contribution is 2.38. The third kappa shape index (κ3) is 21.8. The van der Waals surface area contributed by atoms with Crippen molar-refractivity contribution in [3.63, 3.8) is 0 Å². The zero-order valence-electron chi connectivity index (χ0n) is 64.5. The molecule has 6 aliphatic rings. The first-order chi connectivity index (χ1) is 54.0. The summed E-state index contributed by atoms with van der Waals surface area (Å²) in [5, 5.41) is 20.2. The predicted octanol–water partition coefficient (Wildman–Crippen LogP) is 14.1. The number of aromatic amines is 2. The first-order valence-electron chi connectivity index (χ1n) is 38.6. The number of H-pyrrole nitrogens is 2. The third-order valence-electron chi connectivity index (χ3n) is 21.2. The lowest BCUT2D eigenvalue weighted by molar-refractivity contribution is -0.155. The number of rotatable bonds is 27. The quantitative estimate of drug-likeness (QED) is 0.0186. The maximum absolute atomic E-state index is 13.5. The van der Waals surface area contributed by atoms with Crippen molar-refractivity contribution in [3.05, 3.63) is 145 Å². The monoisotopic (exact) mass is 1550 g/mol.